The summed E-state index contributed by atoms with van der Waals surface area (Å²) in [7, 11) is 2.00. The highest BCUT2D eigenvalue weighted by atomic mass is 16.6. The second kappa shape index (κ2) is 11.2. The van der Waals surface area contributed by atoms with Crippen molar-refractivity contribution in [3.05, 3.63) is 53.1 Å². The molecular weight excluding hydrogens is 482 g/mol. The van der Waals surface area contributed by atoms with Gasteiger partial charge in [-0.2, -0.15) is 10.2 Å². The van der Waals surface area contributed by atoms with Crippen molar-refractivity contribution in [3.8, 4) is 23.3 Å². The summed E-state index contributed by atoms with van der Waals surface area (Å²) in [4.78, 5) is 20.8. The predicted octanol–water partition coefficient (Wildman–Crippen LogP) is 5.25. The maximum atomic E-state index is 12.0. The molecule has 0 saturated heterocycles. The molecule has 2 aromatic carbocycles. The van der Waals surface area contributed by atoms with Gasteiger partial charge >= 0.3 is 5.97 Å². The molecule has 0 saturated carbocycles. The summed E-state index contributed by atoms with van der Waals surface area (Å²) in [6.07, 6.45) is 1.23. The second-order valence-corrected chi connectivity index (χ2v) is 10.8. The Morgan fingerprint density at radius 3 is 2.74 bits per heavy atom. The Kier molecular flexibility index (Phi) is 8.02. The van der Waals surface area contributed by atoms with Gasteiger partial charge in [0.25, 0.3) is 11.8 Å². The van der Waals surface area contributed by atoms with Crippen LogP contribution in [0, 0.1) is 11.3 Å². The van der Waals surface area contributed by atoms with Gasteiger partial charge < -0.3 is 23.8 Å². The Bertz CT molecular complexity index is 1340. The number of benzene rings is 2. The summed E-state index contributed by atoms with van der Waals surface area (Å²) < 4.78 is 16.7. The Morgan fingerprint density at radius 1 is 1.24 bits per heavy atom. The van der Waals surface area contributed by atoms with E-state index < -0.39 is 5.60 Å². The van der Waals surface area contributed by atoms with Gasteiger partial charge in [0, 0.05) is 25.3 Å². The van der Waals surface area contributed by atoms with Gasteiger partial charge in [-0.25, -0.2) is 0 Å². The molecule has 9 heteroatoms. The average molecular weight is 518 g/mol. The van der Waals surface area contributed by atoms with Crippen LogP contribution in [0.5, 0.6) is 5.75 Å². The first-order valence-electron chi connectivity index (χ1n) is 12.9. The van der Waals surface area contributed by atoms with E-state index in [1.165, 1.54) is 11.1 Å². The third-order valence-corrected chi connectivity index (χ3v) is 5.98. The lowest BCUT2D eigenvalue weighted by atomic mass is 10.1. The van der Waals surface area contributed by atoms with Gasteiger partial charge in [-0.15, -0.1) is 0 Å². The molecule has 1 aliphatic heterocycles. The van der Waals surface area contributed by atoms with Gasteiger partial charge in [0.05, 0.1) is 23.7 Å². The van der Waals surface area contributed by atoms with E-state index in [9.17, 15) is 10.1 Å². The zero-order chi connectivity index (χ0) is 27.4. The van der Waals surface area contributed by atoms with Crippen molar-refractivity contribution in [2.24, 2.45) is 0 Å². The number of carbonyl (C=O) groups excluding carboxylic acids is 1. The molecule has 1 aromatic heterocycles. The standard InChI is InChI=1S/C29H35N5O4/c1-19(2)36-23-8-9-24(22(16-23)17-30)27-31-28(32-38-27)34-14-11-21-15-20(7-10-25(21)34)18-33(6)13-12-26(35)37-29(3,4)5/h7-10,15-16,19H,11-14,18H2,1-6H3. The van der Waals surface area contributed by atoms with Crippen molar-refractivity contribution in [3.63, 3.8) is 0 Å². The summed E-state index contributed by atoms with van der Waals surface area (Å²) in [5.74, 6) is 1.20. The zero-order valence-electron chi connectivity index (χ0n) is 22.9. The molecule has 4 rings (SSSR count). The van der Waals surface area contributed by atoms with Crippen LogP contribution in [-0.4, -0.2) is 52.9 Å². The van der Waals surface area contributed by atoms with Crippen LogP contribution in [0.3, 0.4) is 0 Å². The number of hydrogen-bond acceptors (Lipinski definition) is 9. The first-order chi connectivity index (χ1) is 18.0. The third kappa shape index (κ3) is 6.69. The molecule has 0 radical (unpaired) electrons. The molecule has 9 nitrogen and oxygen atoms in total. The van der Waals surface area contributed by atoms with E-state index >= 15 is 0 Å². The van der Waals surface area contributed by atoms with E-state index in [-0.39, 0.29) is 12.1 Å². The van der Waals surface area contributed by atoms with Gasteiger partial charge in [0.2, 0.25) is 0 Å². The Hall–Kier alpha value is -3.90. The molecule has 38 heavy (non-hydrogen) atoms. The minimum atomic E-state index is -0.466. The number of rotatable bonds is 9. The number of fused-ring (bicyclic) bond motifs is 1. The molecule has 0 bridgehead atoms. The minimum absolute atomic E-state index is 0.00998. The highest BCUT2D eigenvalue weighted by molar-refractivity contribution is 5.70. The van der Waals surface area contributed by atoms with Crippen LogP contribution >= 0.6 is 0 Å². The first-order valence-corrected chi connectivity index (χ1v) is 12.9. The molecule has 0 unspecified atom stereocenters. The number of carbonyl (C=O) groups is 1. The summed E-state index contributed by atoms with van der Waals surface area (Å²) in [6, 6.07) is 13.8. The topological polar surface area (TPSA) is 105 Å². The van der Waals surface area contributed by atoms with Gasteiger partial charge in [-0.3, -0.25) is 4.79 Å². The van der Waals surface area contributed by atoms with Crippen molar-refractivity contribution < 1.29 is 18.8 Å². The zero-order valence-corrected chi connectivity index (χ0v) is 22.9. The van der Waals surface area contributed by atoms with E-state index in [4.69, 9.17) is 14.0 Å². The van der Waals surface area contributed by atoms with Gasteiger partial charge in [-0.1, -0.05) is 12.1 Å². The minimum Gasteiger partial charge on any atom is -0.491 e. The molecule has 0 aliphatic carbocycles. The molecule has 3 aromatic rings. The fourth-order valence-electron chi connectivity index (χ4n) is 4.41. The van der Waals surface area contributed by atoms with Crippen molar-refractivity contribution in [1.29, 1.82) is 5.26 Å². The van der Waals surface area contributed by atoms with Crippen LogP contribution in [0.25, 0.3) is 11.5 Å². The van der Waals surface area contributed by atoms with E-state index in [0.717, 1.165) is 25.2 Å². The van der Waals surface area contributed by atoms with Crippen LogP contribution in [0.1, 0.15) is 57.7 Å². The van der Waals surface area contributed by atoms with E-state index in [1.807, 2.05) is 46.6 Å². The highest BCUT2D eigenvalue weighted by Crippen LogP contribution is 2.35. The smallest absolute Gasteiger partial charge is 0.307 e. The van der Waals surface area contributed by atoms with Gasteiger partial charge in [0.15, 0.2) is 0 Å². The molecule has 0 amide bonds. The third-order valence-electron chi connectivity index (χ3n) is 5.98. The van der Waals surface area contributed by atoms with Crippen LogP contribution in [0.2, 0.25) is 0 Å². The molecule has 0 fully saturated rings. The average Bonchev–Trinajstić information content (AvgIpc) is 3.48. The normalized spacial score (nSPS) is 13.1. The van der Waals surface area contributed by atoms with Gasteiger partial charge in [0.1, 0.15) is 17.4 Å². The van der Waals surface area contributed by atoms with E-state index in [0.29, 0.717) is 41.7 Å². The molecule has 1 aliphatic rings. The Morgan fingerprint density at radius 2 is 2.03 bits per heavy atom. The molecule has 0 atom stereocenters. The van der Waals surface area contributed by atoms with Crippen molar-refractivity contribution >= 4 is 17.6 Å². The molecule has 0 N–H and O–H groups in total. The quantitative estimate of drug-likeness (QED) is 0.352. The lowest BCUT2D eigenvalue weighted by molar-refractivity contribution is -0.155. The number of esters is 1. The van der Waals surface area contributed by atoms with E-state index in [2.05, 4.69) is 39.3 Å². The predicted molar refractivity (Wildman–Crippen MR) is 144 cm³/mol. The fraction of sp³-hybridized carbons (Fsp3) is 0.448. The number of anilines is 2. The Labute approximate surface area is 223 Å². The summed E-state index contributed by atoms with van der Waals surface area (Å²) in [6.45, 7) is 11.6. The monoisotopic (exact) mass is 517 g/mol. The number of nitrogens with zero attached hydrogens (tertiary/aromatic N) is 5. The van der Waals surface area contributed by atoms with E-state index in [1.54, 1.807) is 18.2 Å². The molecule has 2 heterocycles. The number of aromatic nitrogens is 2. The number of ether oxygens (including phenoxy) is 2. The van der Waals surface area contributed by atoms with Gasteiger partial charge in [-0.05, 0) is 88.6 Å². The second-order valence-electron chi connectivity index (χ2n) is 10.8. The summed E-state index contributed by atoms with van der Waals surface area (Å²) >= 11 is 0. The highest BCUT2D eigenvalue weighted by Gasteiger charge is 2.26. The van der Waals surface area contributed by atoms with Crippen LogP contribution in [-0.2, 0) is 22.5 Å². The lowest BCUT2D eigenvalue weighted by Crippen LogP contribution is -2.27. The van der Waals surface area contributed by atoms with Crippen LogP contribution < -0.4 is 9.64 Å². The number of nitriles is 1. The maximum Gasteiger partial charge on any atom is 0.307 e. The molecule has 200 valence electrons. The number of hydrogen-bond donors (Lipinski definition) is 0. The largest absolute Gasteiger partial charge is 0.491 e. The van der Waals surface area contributed by atoms with Crippen LogP contribution in [0.4, 0.5) is 11.6 Å². The van der Waals surface area contributed by atoms with Crippen molar-refractivity contribution in [2.45, 2.75) is 65.7 Å². The lowest BCUT2D eigenvalue weighted by Gasteiger charge is -2.21. The van der Waals surface area contributed by atoms with Crippen molar-refractivity contribution in [1.82, 2.24) is 15.0 Å². The summed E-state index contributed by atoms with van der Waals surface area (Å²) in [5.41, 5.74) is 3.95. The molecule has 0 spiro atoms. The maximum absolute atomic E-state index is 12.0. The Balaban J connectivity index is 1.42. The fourth-order valence-corrected chi connectivity index (χ4v) is 4.41. The first kappa shape index (κ1) is 27.1. The molecular formula is C29H35N5O4. The SMILES string of the molecule is CC(C)Oc1ccc(-c2nc(N3CCc4cc(CN(C)CCC(=O)OC(C)(C)C)ccc43)no2)c(C#N)c1. The van der Waals surface area contributed by atoms with Crippen molar-refractivity contribution in [2.75, 3.05) is 25.0 Å². The van der Waals surface area contributed by atoms with Crippen LogP contribution in [0.15, 0.2) is 40.9 Å². The summed E-state index contributed by atoms with van der Waals surface area (Å²) in [5, 5.41) is 13.9.